The van der Waals surface area contributed by atoms with E-state index in [1.807, 2.05) is 11.3 Å². The van der Waals surface area contributed by atoms with Crippen molar-refractivity contribution in [2.75, 3.05) is 11.9 Å². The summed E-state index contributed by atoms with van der Waals surface area (Å²) in [6.45, 7) is 2.89. The smallest absolute Gasteiger partial charge is 0.180 e. The summed E-state index contributed by atoms with van der Waals surface area (Å²) in [7, 11) is 0. The highest BCUT2D eigenvalue weighted by Gasteiger charge is 1.98. The molecular formula is C7H9N5. The Morgan fingerprint density at radius 1 is 1.50 bits per heavy atom. The zero-order chi connectivity index (χ0) is 8.39. The number of anilines is 1. The second-order valence-corrected chi connectivity index (χ2v) is 2.38. The molecular weight excluding hydrogens is 154 g/mol. The van der Waals surface area contributed by atoms with E-state index in [9.17, 15) is 0 Å². The summed E-state index contributed by atoms with van der Waals surface area (Å²) in [5.74, 6) is 0.917. The van der Waals surface area contributed by atoms with Crippen LogP contribution in [0, 0.1) is 0 Å². The molecule has 0 bridgehead atoms. The van der Waals surface area contributed by atoms with Gasteiger partial charge in [-0.1, -0.05) is 0 Å². The largest absolute Gasteiger partial charge is 0.370 e. The third-order valence-corrected chi connectivity index (χ3v) is 1.58. The monoisotopic (exact) mass is 163 g/mol. The molecule has 2 rings (SSSR count). The van der Waals surface area contributed by atoms with E-state index in [0.717, 1.165) is 18.0 Å². The molecule has 0 aromatic carbocycles. The first-order valence-electron chi connectivity index (χ1n) is 3.79. The number of nitrogens with zero attached hydrogens (tertiary/aromatic N) is 4. The summed E-state index contributed by atoms with van der Waals surface area (Å²) in [4.78, 5) is 4.02. The number of hydrogen-bond acceptors (Lipinski definition) is 4. The molecule has 0 aliphatic rings. The van der Waals surface area contributed by atoms with Crippen LogP contribution >= 0.6 is 0 Å². The summed E-state index contributed by atoms with van der Waals surface area (Å²) in [5.41, 5.74) is 0.758. The van der Waals surface area contributed by atoms with Gasteiger partial charge in [0.15, 0.2) is 5.65 Å². The lowest BCUT2D eigenvalue weighted by molar-refractivity contribution is 1.07. The number of hydrogen-bond donors (Lipinski definition) is 1. The standard InChI is InChI=1S/C7H9N5/c1-2-9-6-3-8-4-7-11-10-5-12(6)7/h3-5,9H,2H2,1H3. The lowest BCUT2D eigenvalue weighted by Gasteiger charge is -2.03. The Morgan fingerprint density at radius 2 is 2.42 bits per heavy atom. The van der Waals surface area contributed by atoms with Crippen molar-refractivity contribution >= 4 is 11.5 Å². The van der Waals surface area contributed by atoms with Crippen molar-refractivity contribution < 1.29 is 0 Å². The zero-order valence-electron chi connectivity index (χ0n) is 6.73. The highest BCUT2D eigenvalue weighted by molar-refractivity contribution is 5.44. The highest BCUT2D eigenvalue weighted by atomic mass is 15.3. The molecule has 1 N–H and O–H groups in total. The van der Waals surface area contributed by atoms with E-state index < -0.39 is 0 Å². The summed E-state index contributed by atoms with van der Waals surface area (Å²) in [5, 5.41) is 10.8. The van der Waals surface area contributed by atoms with Crippen molar-refractivity contribution in [3.05, 3.63) is 18.7 Å². The third kappa shape index (κ3) is 0.990. The molecule has 0 saturated heterocycles. The van der Waals surface area contributed by atoms with E-state index in [1.54, 1.807) is 18.7 Å². The number of nitrogens with one attached hydrogen (secondary N) is 1. The quantitative estimate of drug-likeness (QED) is 0.702. The predicted octanol–water partition coefficient (Wildman–Crippen LogP) is 0.556. The Labute approximate surface area is 69.5 Å². The molecule has 0 unspecified atom stereocenters. The van der Waals surface area contributed by atoms with Gasteiger partial charge < -0.3 is 5.32 Å². The van der Waals surface area contributed by atoms with Gasteiger partial charge >= 0.3 is 0 Å². The Balaban J connectivity index is 2.57. The van der Waals surface area contributed by atoms with Gasteiger partial charge in [0, 0.05) is 6.54 Å². The average Bonchev–Trinajstić information content (AvgIpc) is 2.53. The van der Waals surface area contributed by atoms with E-state index in [4.69, 9.17) is 0 Å². The molecule has 0 spiro atoms. The third-order valence-electron chi connectivity index (χ3n) is 1.58. The first kappa shape index (κ1) is 7.02. The minimum Gasteiger partial charge on any atom is -0.370 e. The first-order valence-corrected chi connectivity index (χ1v) is 3.79. The van der Waals surface area contributed by atoms with Crippen LogP contribution in [0.4, 0.5) is 5.82 Å². The van der Waals surface area contributed by atoms with Crippen molar-refractivity contribution in [3.8, 4) is 0 Å². The summed E-state index contributed by atoms with van der Waals surface area (Å²) < 4.78 is 1.86. The van der Waals surface area contributed by atoms with Gasteiger partial charge in [0.1, 0.15) is 12.1 Å². The minimum atomic E-state index is 0.758. The fourth-order valence-electron chi connectivity index (χ4n) is 1.07. The van der Waals surface area contributed by atoms with Crippen molar-refractivity contribution in [3.63, 3.8) is 0 Å². The predicted molar refractivity (Wildman–Crippen MR) is 44.9 cm³/mol. The van der Waals surface area contributed by atoms with Crippen LogP contribution in [0.3, 0.4) is 0 Å². The van der Waals surface area contributed by atoms with Gasteiger partial charge in [0.25, 0.3) is 0 Å². The molecule has 0 aliphatic carbocycles. The van der Waals surface area contributed by atoms with Gasteiger partial charge in [-0.2, -0.15) is 0 Å². The van der Waals surface area contributed by atoms with Crippen LogP contribution < -0.4 is 5.32 Å². The molecule has 0 atom stereocenters. The van der Waals surface area contributed by atoms with Gasteiger partial charge in [-0.05, 0) is 6.92 Å². The second kappa shape index (κ2) is 2.77. The minimum absolute atomic E-state index is 0.758. The van der Waals surface area contributed by atoms with Crippen LogP contribution in [-0.2, 0) is 0 Å². The molecule has 0 fully saturated rings. The van der Waals surface area contributed by atoms with Gasteiger partial charge in [-0.3, -0.25) is 9.38 Å². The number of rotatable bonds is 2. The molecule has 0 saturated carbocycles. The maximum atomic E-state index is 4.02. The Hall–Kier alpha value is -1.65. The molecule has 0 amide bonds. The van der Waals surface area contributed by atoms with Gasteiger partial charge in [0.2, 0.25) is 0 Å². The fraction of sp³-hybridized carbons (Fsp3) is 0.286. The Morgan fingerprint density at radius 3 is 3.25 bits per heavy atom. The van der Waals surface area contributed by atoms with Gasteiger partial charge in [0.05, 0.1) is 12.4 Å². The Bertz CT molecular complexity index is 380. The van der Waals surface area contributed by atoms with Crippen LogP contribution in [0.5, 0.6) is 0 Å². The molecule has 2 aromatic heterocycles. The lowest BCUT2D eigenvalue weighted by Crippen LogP contribution is -2.02. The van der Waals surface area contributed by atoms with Crippen LogP contribution in [0.15, 0.2) is 18.7 Å². The van der Waals surface area contributed by atoms with Crippen LogP contribution in [0.2, 0.25) is 0 Å². The molecule has 5 heteroatoms. The van der Waals surface area contributed by atoms with E-state index in [-0.39, 0.29) is 0 Å². The SMILES string of the molecule is CCNc1cncc2nncn12. The van der Waals surface area contributed by atoms with Crippen molar-refractivity contribution in [2.24, 2.45) is 0 Å². The van der Waals surface area contributed by atoms with Crippen molar-refractivity contribution in [1.29, 1.82) is 0 Å². The lowest BCUT2D eigenvalue weighted by atomic mass is 10.6. The van der Waals surface area contributed by atoms with Crippen LogP contribution in [-0.4, -0.2) is 26.1 Å². The average molecular weight is 163 g/mol. The van der Waals surface area contributed by atoms with E-state index in [2.05, 4.69) is 20.5 Å². The summed E-state index contributed by atoms with van der Waals surface area (Å²) >= 11 is 0. The summed E-state index contributed by atoms with van der Waals surface area (Å²) in [6, 6.07) is 0. The summed E-state index contributed by atoms with van der Waals surface area (Å²) in [6.07, 6.45) is 5.09. The Kier molecular flexibility index (Phi) is 1.62. The highest BCUT2D eigenvalue weighted by Crippen LogP contribution is 2.06. The maximum absolute atomic E-state index is 4.02. The van der Waals surface area contributed by atoms with E-state index in [1.165, 1.54) is 0 Å². The van der Waals surface area contributed by atoms with Crippen molar-refractivity contribution in [1.82, 2.24) is 19.6 Å². The molecule has 62 valence electrons. The zero-order valence-corrected chi connectivity index (χ0v) is 6.73. The van der Waals surface area contributed by atoms with Gasteiger partial charge in [-0.25, -0.2) is 0 Å². The van der Waals surface area contributed by atoms with E-state index >= 15 is 0 Å². The van der Waals surface area contributed by atoms with E-state index in [0.29, 0.717) is 0 Å². The second-order valence-electron chi connectivity index (χ2n) is 2.38. The molecule has 0 radical (unpaired) electrons. The number of aromatic nitrogens is 4. The molecule has 12 heavy (non-hydrogen) atoms. The maximum Gasteiger partial charge on any atom is 0.180 e. The van der Waals surface area contributed by atoms with Crippen molar-refractivity contribution in [2.45, 2.75) is 6.92 Å². The normalized spacial score (nSPS) is 10.4. The van der Waals surface area contributed by atoms with Gasteiger partial charge in [-0.15, -0.1) is 10.2 Å². The van der Waals surface area contributed by atoms with Crippen LogP contribution in [0.25, 0.3) is 5.65 Å². The fourth-order valence-corrected chi connectivity index (χ4v) is 1.07. The first-order chi connectivity index (χ1) is 5.92. The molecule has 0 aliphatic heterocycles. The molecule has 2 aromatic rings. The number of fused-ring (bicyclic) bond motifs is 1. The molecule has 5 nitrogen and oxygen atoms in total. The topological polar surface area (TPSA) is 55.1 Å². The van der Waals surface area contributed by atoms with Crippen LogP contribution in [0.1, 0.15) is 6.92 Å². The molecule has 2 heterocycles.